The summed E-state index contributed by atoms with van der Waals surface area (Å²) in [6, 6.07) is 22.4. The van der Waals surface area contributed by atoms with E-state index >= 15 is 0 Å². The fourth-order valence-electron chi connectivity index (χ4n) is 3.56. The quantitative estimate of drug-likeness (QED) is 0.349. The van der Waals surface area contributed by atoms with Gasteiger partial charge >= 0.3 is 0 Å². The van der Waals surface area contributed by atoms with E-state index in [1.54, 1.807) is 0 Å². The maximum absolute atomic E-state index is 2.47. The van der Waals surface area contributed by atoms with E-state index in [2.05, 4.69) is 118 Å². The lowest BCUT2D eigenvalue weighted by Crippen LogP contribution is -2.02. The Kier molecular flexibility index (Phi) is 5.86. The van der Waals surface area contributed by atoms with Crippen molar-refractivity contribution in [2.24, 2.45) is 0 Å². The maximum atomic E-state index is 2.47. The Hall–Kier alpha value is -1.61. The van der Waals surface area contributed by atoms with E-state index in [0.29, 0.717) is 11.8 Å². The molecule has 3 rings (SSSR count). The van der Waals surface area contributed by atoms with Gasteiger partial charge in [-0.05, 0) is 80.8 Å². The van der Waals surface area contributed by atoms with Crippen LogP contribution < -0.4 is 0 Å². The van der Waals surface area contributed by atoms with Crippen LogP contribution in [0.25, 0.3) is 22.3 Å². The second-order valence-corrected chi connectivity index (χ2v) is 8.85. The summed E-state index contributed by atoms with van der Waals surface area (Å²) < 4.78 is 1.32. The molecule has 0 aromatic heterocycles. The second kappa shape index (κ2) is 7.96. The van der Waals surface area contributed by atoms with Gasteiger partial charge in [-0.25, -0.2) is 0 Å². The SMILES string of the molecule is Cc1cccc(-c2cc(C(C)C)c(-c3ccccc3I)c(C(C)C)c2)c1. The Labute approximate surface area is 171 Å². The Balaban J connectivity index is 2.33. The first-order valence-electron chi connectivity index (χ1n) is 9.38. The molecule has 0 amide bonds. The third kappa shape index (κ3) is 3.88. The molecule has 0 fully saturated rings. The van der Waals surface area contributed by atoms with Crippen LogP contribution in [-0.2, 0) is 0 Å². The zero-order valence-electron chi connectivity index (χ0n) is 16.3. The van der Waals surface area contributed by atoms with E-state index in [0.717, 1.165) is 0 Å². The fourth-order valence-corrected chi connectivity index (χ4v) is 4.22. The summed E-state index contributed by atoms with van der Waals surface area (Å²) in [6.07, 6.45) is 0. The molecule has 0 aliphatic heterocycles. The molecular weight excluding hydrogens is 427 g/mol. The number of benzene rings is 3. The first kappa shape index (κ1) is 19.2. The van der Waals surface area contributed by atoms with Crippen LogP contribution in [0.3, 0.4) is 0 Å². The van der Waals surface area contributed by atoms with Crippen molar-refractivity contribution < 1.29 is 0 Å². The third-order valence-corrected chi connectivity index (χ3v) is 5.88. The van der Waals surface area contributed by atoms with Crippen LogP contribution in [0.4, 0.5) is 0 Å². The molecule has 26 heavy (non-hydrogen) atoms. The number of rotatable bonds is 4. The van der Waals surface area contributed by atoms with Crippen LogP contribution in [0.1, 0.15) is 56.2 Å². The summed E-state index contributed by atoms with van der Waals surface area (Å²) in [4.78, 5) is 0. The predicted octanol–water partition coefficient (Wildman–Crippen LogP) is 8.18. The zero-order chi connectivity index (χ0) is 18.8. The second-order valence-electron chi connectivity index (χ2n) is 7.69. The molecular formula is C25H27I. The monoisotopic (exact) mass is 454 g/mol. The van der Waals surface area contributed by atoms with E-state index in [4.69, 9.17) is 0 Å². The molecule has 0 nitrogen and oxygen atoms in total. The highest BCUT2D eigenvalue weighted by Crippen LogP contribution is 2.41. The highest BCUT2D eigenvalue weighted by atomic mass is 127. The topological polar surface area (TPSA) is 0 Å². The Bertz CT molecular complexity index is 890. The van der Waals surface area contributed by atoms with Crippen LogP contribution >= 0.6 is 22.6 Å². The highest BCUT2D eigenvalue weighted by molar-refractivity contribution is 14.1. The van der Waals surface area contributed by atoms with Crippen molar-refractivity contribution in [1.82, 2.24) is 0 Å². The van der Waals surface area contributed by atoms with Crippen LogP contribution in [0.2, 0.25) is 0 Å². The minimum atomic E-state index is 0.475. The summed E-state index contributed by atoms with van der Waals surface area (Å²) in [5, 5.41) is 0. The average molecular weight is 454 g/mol. The molecule has 0 saturated carbocycles. The molecule has 0 N–H and O–H groups in total. The van der Waals surface area contributed by atoms with E-state index in [-0.39, 0.29) is 0 Å². The van der Waals surface area contributed by atoms with Gasteiger partial charge in [-0.15, -0.1) is 0 Å². The van der Waals surface area contributed by atoms with Crippen molar-refractivity contribution >= 4 is 22.6 Å². The van der Waals surface area contributed by atoms with Crippen LogP contribution in [0.5, 0.6) is 0 Å². The van der Waals surface area contributed by atoms with Crippen molar-refractivity contribution in [2.75, 3.05) is 0 Å². The Morgan fingerprint density at radius 2 is 1.31 bits per heavy atom. The van der Waals surface area contributed by atoms with Gasteiger partial charge in [-0.3, -0.25) is 0 Å². The molecule has 134 valence electrons. The van der Waals surface area contributed by atoms with Gasteiger partial charge < -0.3 is 0 Å². The summed E-state index contributed by atoms with van der Waals surface area (Å²) >= 11 is 2.47. The molecule has 1 heteroatoms. The van der Waals surface area contributed by atoms with Gasteiger partial charge in [0.15, 0.2) is 0 Å². The normalized spacial score (nSPS) is 11.4. The van der Waals surface area contributed by atoms with Gasteiger partial charge in [0, 0.05) is 3.57 Å². The maximum Gasteiger partial charge on any atom is 0.0208 e. The fraction of sp³-hybridized carbons (Fsp3) is 0.280. The molecule has 0 bridgehead atoms. The van der Waals surface area contributed by atoms with Gasteiger partial charge in [0.2, 0.25) is 0 Å². The van der Waals surface area contributed by atoms with Gasteiger partial charge in [0.05, 0.1) is 0 Å². The molecule has 0 saturated heterocycles. The Morgan fingerprint density at radius 3 is 1.85 bits per heavy atom. The van der Waals surface area contributed by atoms with E-state index in [1.807, 2.05) is 0 Å². The van der Waals surface area contributed by atoms with Gasteiger partial charge in [-0.2, -0.15) is 0 Å². The lowest BCUT2D eigenvalue weighted by atomic mass is 9.82. The molecule has 0 atom stereocenters. The molecule has 0 radical (unpaired) electrons. The standard InChI is InChI=1S/C25H27I/c1-16(2)22-14-20(19-10-8-9-18(5)13-19)15-23(17(3)4)25(22)21-11-6-7-12-24(21)26/h6-17H,1-5H3. The van der Waals surface area contributed by atoms with Crippen LogP contribution in [-0.4, -0.2) is 0 Å². The van der Waals surface area contributed by atoms with Crippen molar-refractivity contribution in [2.45, 2.75) is 46.5 Å². The minimum Gasteiger partial charge on any atom is -0.0616 e. The molecule has 0 heterocycles. The van der Waals surface area contributed by atoms with Crippen molar-refractivity contribution in [3.05, 3.63) is 80.9 Å². The summed E-state index contributed by atoms with van der Waals surface area (Å²) in [5.74, 6) is 0.950. The average Bonchev–Trinajstić information content (AvgIpc) is 2.61. The van der Waals surface area contributed by atoms with E-state index in [9.17, 15) is 0 Å². The summed E-state index contributed by atoms with van der Waals surface area (Å²) in [5.41, 5.74) is 9.61. The first-order chi connectivity index (χ1) is 12.4. The smallest absolute Gasteiger partial charge is 0.0208 e. The number of halogens is 1. The minimum absolute atomic E-state index is 0.475. The number of hydrogen-bond donors (Lipinski definition) is 0. The molecule has 0 aliphatic rings. The summed E-state index contributed by atoms with van der Waals surface area (Å²) in [7, 11) is 0. The van der Waals surface area contributed by atoms with E-state index < -0.39 is 0 Å². The summed E-state index contributed by atoms with van der Waals surface area (Å²) in [6.45, 7) is 11.4. The van der Waals surface area contributed by atoms with Crippen molar-refractivity contribution in [3.8, 4) is 22.3 Å². The third-order valence-electron chi connectivity index (χ3n) is 4.94. The zero-order valence-corrected chi connectivity index (χ0v) is 18.5. The van der Waals surface area contributed by atoms with Crippen LogP contribution in [0, 0.1) is 10.5 Å². The lowest BCUT2D eigenvalue weighted by Gasteiger charge is -2.23. The first-order valence-corrected chi connectivity index (χ1v) is 10.5. The molecule has 3 aromatic rings. The van der Waals surface area contributed by atoms with Crippen molar-refractivity contribution in [1.29, 1.82) is 0 Å². The van der Waals surface area contributed by atoms with E-state index in [1.165, 1.54) is 42.5 Å². The van der Waals surface area contributed by atoms with Crippen LogP contribution in [0.15, 0.2) is 60.7 Å². The van der Waals surface area contributed by atoms with Crippen molar-refractivity contribution in [3.63, 3.8) is 0 Å². The lowest BCUT2D eigenvalue weighted by molar-refractivity contribution is 0.838. The molecule has 0 unspecified atom stereocenters. The van der Waals surface area contributed by atoms with Gasteiger partial charge in [0.1, 0.15) is 0 Å². The Morgan fingerprint density at radius 1 is 0.692 bits per heavy atom. The van der Waals surface area contributed by atoms with Gasteiger partial charge in [-0.1, -0.05) is 87.9 Å². The number of hydrogen-bond acceptors (Lipinski definition) is 0. The highest BCUT2D eigenvalue weighted by Gasteiger charge is 2.19. The molecule has 3 aromatic carbocycles. The number of aryl methyl sites for hydroxylation is 1. The largest absolute Gasteiger partial charge is 0.0616 e. The van der Waals surface area contributed by atoms with Gasteiger partial charge in [0.25, 0.3) is 0 Å². The molecule has 0 aliphatic carbocycles. The molecule has 0 spiro atoms. The predicted molar refractivity (Wildman–Crippen MR) is 123 cm³/mol.